The lowest BCUT2D eigenvalue weighted by Gasteiger charge is -2.22. The van der Waals surface area contributed by atoms with Crippen molar-refractivity contribution in [1.82, 2.24) is 4.90 Å². The first kappa shape index (κ1) is 15.7. The molecule has 0 spiro atoms. The Balaban J connectivity index is 1.71. The molecule has 0 N–H and O–H groups in total. The Labute approximate surface area is 140 Å². The van der Waals surface area contributed by atoms with Crippen LogP contribution in [0, 0.1) is 0 Å². The first-order valence-electron chi connectivity index (χ1n) is 7.40. The topological polar surface area (TPSA) is 38.8 Å². The fourth-order valence-corrected chi connectivity index (χ4v) is 2.96. The van der Waals surface area contributed by atoms with Crippen LogP contribution in [0.15, 0.2) is 42.5 Å². The molecule has 0 saturated carbocycles. The molecular weight excluding hydrogens is 314 g/mol. The second-order valence-corrected chi connectivity index (χ2v) is 6.01. The Bertz CT molecular complexity index is 707. The summed E-state index contributed by atoms with van der Waals surface area (Å²) < 4.78 is 11.1. The summed E-state index contributed by atoms with van der Waals surface area (Å²) in [5.74, 6) is 1.45. The summed E-state index contributed by atoms with van der Waals surface area (Å²) in [5, 5.41) is 0.617. The molecule has 5 heteroatoms. The van der Waals surface area contributed by atoms with Gasteiger partial charge in [0, 0.05) is 30.6 Å². The Morgan fingerprint density at radius 1 is 1.35 bits per heavy atom. The van der Waals surface area contributed by atoms with E-state index in [9.17, 15) is 4.79 Å². The van der Waals surface area contributed by atoms with Gasteiger partial charge in [0.05, 0.1) is 7.11 Å². The van der Waals surface area contributed by atoms with E-state index in [4.69, 9.17) is 21.1 Å². The normalized spacial score (nSPS) is 15.7. The molecule has 2 aromatic carbocycles. The molecule has 0 aliphatic carbocycles. The average Bonchev–Trinajstić information content (AvgIpc) is 2.98. The molecular formula is C18H18ClNO3. The molecule has 1 aliphatic heterocycles. The van der Waals surface area contributed by atoms with E-state index >= 15 is 0 Å². The van der Waals surface area contributed by atoms with E-state index in [0.717, 1.165) is 16.9 Å². The molecule has 2 aromatic rings. The van der Waals surface area contributed by atoms with Crippen molar-refractivity contribution in [2.45, 2.75) is 19.1 Å². The summed E-state index contributed by atoms with van der Waals surface area (Å²) in [6.45, 7) is 0.415. The van der Waals surface area contributed by atoms with Gasteiger partial charge in [-0.25, -0.2) is 0 Å². The minimum Gasteiger partial charge on any atom is -0.496 e. The van der Waals surface area contributed by atoms with E-state index < -0.39 is 6.10 Å². The van der Waals surface area contributed by atoms with Crippen molar-refractivity contribution < 1.29 is 14.3 Å². The second kappa shape index (κ2) is 6.50. The number of methoxy groups -OCH3 is 1. The number of rotatable bonds is 4. The molecule has 0 bridgehead atoms. The third-order valence-electron chi connectivity index (χ3n) is 3.95. The Kier molecular flexibility index (Phi) is 4.44. The molecule has 3 rings (SSSR count). The van der Waals surface area contributed by atoms with Crippen LogP contribution < -0.4 is 9.47 Å². The van der Waals surface area contributed by atoms with Gasteiger partial charge in [0.15, 0.2) is 6.10 Å². The van der Waals surface area contributed by atoms with E-state index in [-0.39, 0.29) is 5.91 Å². The fraction of sp³-hybridized carbons (Fsp3) is 0.278. The first-order valence-corrected chi connectivity index (χ1v) is 7.78. The number of ether oxygens (including phenoxy) is 2. The van der Waals surface area contributed by atoms with E-state index in [1.54, 1.807) is 31.2 Å². The van der Waals surface area contributed by atoms with Crippen LogP contribution in [0.2, 0.25) is 5.02 Å². The van der Waals surface area contributed by atoms with Gasteiger partial charge < -0.3 is 14.4 Å². The lowest BCUT2D eigenvalue weighted by Crippen LogP contribution is -2.38. The third-order valence-corrected chi connectivity index (χ3v) is 4.18. The van der Waals surface area contributed by atoms with Gasteiger partial charge in [0.2, 0.25) is 0 Å². The zero-order valence-corrected chi connectivity index (χ0v) is 13.8. The molecule has 0 saturated heterocycles. The van der Waals surface area contributed by atoms with Crippen LogP contribution in [0.1, 0.15) is 11.1 Å². The number of halogens is 1. The number of carbonyl (C=O) groups excluding carboxylic acids is 1. The summed E-state index contributed by atoms with van der Waals surface area (Å²) in [6, 6.07) is 13.1. The molecule has 0 fully saturated rings. The summed E-state index contributed by atoms with van der Waals surface area (Å²) >= 11 is 6.04. The van der Waals surface area contributed by atoms with Gasteiger partial charge in [0.25, 0.3) is 5.91 Å². The van der Waals surface area contributed by atoms with Gasteiger partial charge in [-0.1, -0.05) is 29.8 Å². The van der Waals surface area contributed by atoms with E-state index in [1.165, 1.54) is 0 Å². The van der Waals surface area contributed by atoms with Gasteiger partial charge in [-0.3, -0.25) is 4.79 Å². The minimum absolute atomic E-state index is 0.0526. The summed E-state index contributed by atoms with van der Waals surface area (Å²) in [5.41, 5.74) is 1.94. The smallest absolute Gasteiger partial charge is 0.264 e. The maximum absolute atomic E-state index is 12.6. The van der Waals surface area contributed by atoms with Crippen molar-refractivity contribution in [2.75, 3.05) is 14.2 Å². The van der Waals surface area contributed by atoms with Crippen LogP contribution in [-0.2, 0) is 17.8 Å². The second-order valence-electron chi connectivity index (χ2n) is 5.57. The first-order chi connectivity index (χ1) is 11.1. The van der Waals surface area contributed by atoms with Gasteiger partial charge in [-0.05, 0) is 29.8 Å². The number of amides is 1. The monoisotopic (exact) mass is 331 g/mol. The summed E-state index contributed by atoms with van der Waals surface area (Å²) in [4.78, 5) is 14.3. The average molecular weight is 332 g/mol. The fourth-order valence-electron chi connectivity index (χ4n) is 2.77. The van der Waals surface area contributed by atoms with Crippen molar-refractivity contribution >= 4 is 17.5 Å². The molecule has 1 heterocycles. The minimum atomic E-state index is -0.470. The van der Waals surface area contributed by atoms with Crippen molar-refractivity contribution in [1.29, 1.82) is 0 Å². The quantitative estimate of drug-likeness (QED) is 0.862. The molecule has 1 atom stereocenters. The maximum Gasteiger partial charge on any atom is 0.264 e. The highest BCUT2D eigenvalue weighted by Gasteiger charge is 2.31. The predicted octanol–water partition coefficient (Wildman–Crippen LogP) is 3.31. The van der Waals surface area contributed by atoms with Gasteiger partial charge >= 0.3 is 0 Å². The standard InChI is InChI=1S/C18H18ClNO3/c1-20(11-13-9-14(19)7-8-15(13)22-2)18(21)17-10-12-5-3-4-6-16(12)23-17/h3-9,17H,10-11H2,1-2H3/t17-/m1/s1. The zero-order valence-electron chi connectivity index (χ0n) is 13.1. The van der Waals surface area contributed by atoms with E-state index in [1.807, 2.05) is 30.3 Å². The lowest BCUT2D eigenvalue weighted by molar-refractivity contribution is -0.137. The SMILES string of the molecule is COc1ccc(Cl)cc1CN(C)C(=O)[C@H]1Cc2ccccc2O1. The molecule has 4 nitrogen and oxygen atoms in total. The maximum atomic E-state index is 12.6. The Morgan fingerprint density at radius 3 is 2.87 bits per heavy atom. The number of carbonyl (C=O) groups is 1. The van der Waals surface area contributed by atoms with Crippen LogP contribution >= 0.6 is 11.6 Å². The van der Waals surface area contributed by atoms with Crippen molar-refractivity contribution in [3.05, 3.63) is 58.6 Å². The van der Waals surface area contributed by atoms with Gasteiger partial charge in [0.1, 0.15) is 11.5 Å². The molecule has 23 heavy (non-hydrogen) atoms. The Morgan fingerprint density at radius 2 is 2.13 bits per heavy atom. The highest BCUT2D eigenvalue weighted by Crippen LogP contribution is 2.29. The summed E-state index contributed by atoms with van der Waals surface area (Å²) in [7, 11) is 3.36. The number of para-hydroxylation sites is 1. The molecule has 1 aliphatic rings. The highest BCUT2D eigenvalue weighted by atomic mass is 35.5. The third kappa shape index (κ3) is 3.27. The molecule has 0 radical (unpaired) electrons. The molecule has 1 amide bonds. The number of fused-ring (bicyclic) bond motifs is 1. The highest BCUT2D eigenvalue weighted by molar-refractivity contribution is 6.30. The lowest BCUT2D eigenvalue weighted by atomic mass is 10.1. The largest absolute Gasteiger partial charge is 0.496 e. The number of benzene rings is 2. The predicted molar refractivity (Wildman–Crippen MR) is 89.0 cm³/mol. The summed E-state index contributed by atoms with van der Waals surface area (Å²) in [6.07, 6.45) is 0.133. The van der Waals surface area contributed by atoms with Crippen LogP contribution in [-0.4, -0.2) is 31.1 Å². The van der Waals surface area contributed by atoms with Crippen LogP contribution in [0.25, 0.3) is 0 Å². The van der Waals surface area contributed by atoms with Gasteiger partial charge in [-0.2, -0.15) is 0 Å². The molecule has 120 valence electrons. The number of hydrogen-bond donors (Lipinski definition) is 0. The van der Waals surface area contributed by atoms with E-state index in [0.29, 0.717) is 23.7 Å². The van der Waals surface area contributed by atoms with Crippen LogP contribution in [0.5, 0.6) is 11.5 Å². The molecule has 0 unspecified atom stereocenters. The Hall–Kier alpha value is -2.20. The number of nitrogens with zero attached hydrogens (tertiary/aromatic N) is 1. The number of likely N-dealkylation sites (N-methyl/N-ethyl adjacent to an activating group) is 1. The zero-order chi connectivity index (χ0) is 16.4. The van der Waals surface area contributed by atoms with E-state index in [2.05, 4.69) is 0 Å². The van der Waals surface area contributed by atoms with Crippen molar-refractivity contribution in [3.63, 3.8) is 0 Å². The van der Waals surface area contributed by atoms with Crippen LogP contribution in [0.4, 0.5) is 0 Å². The van der Waals surface area contributed by atoms with Gasteiger partial charge in [-0.15, -0.1) is 0 Å². The van der Waals surface area contributed by atoms with Crippen molar-refractivity contribution in [2.24, 2.45) is 0 Å². The van der Waals surface area contributed by atoms with Crippen molar-refractivity contribution in [3.8, 4) is 11.5 Å². The molecule has 0 aromatic heterocycles. The van der Waals surface area contributed by atoms with Crippen LogP contribution in [0.3, 0.4) is 0 Å². The number of hydrogen-bond acceptors (Lipinski definition) is 3.